The largest absolute Gasteiger partial charge is 0.337 e. The standard InChI is InChI=1S/C25H30N2O2/c1-24(2)14-20-15-25(3,16-24)17-27(20)23(29)22(28)26-21(18-10-6-4-7-11-18)19-12-8-5-9-13-19/h4-13,20-21H,14-17H2,1-3H3,(H,26,28). The van der Waals surface area contributed by atoms with E-state index in [0.717, 1.165) is 30.4 Å². The Bertz CT molecular complexity index is 854. The highest BCUT2D eigenvalue weighted by Gasteiger charge is 2.51. The van der Waals surface area contributed by atoms with E-state index < -0.39 is 11.8 Å². The molecule has 1 saturated carbocycles. The number of benzene rings is 2. The van der Waals surface area contributed by atoms with Gasteiger partial charge in [0.1, 0.15) is 0 Å². The molecule has 1 aliphatic heterocycles. The summed E-state index contributed by atoms with van der Waals surface area (Å²) < 4.78 is 0. The summed E-state index contributed by atoms with van der Waals surface area (Å²) in [6.45, 7) is 7.47. The number of hydrogen-bond donors (Lipinski definition) is 1. The van der Waals surface area contributed by atoms with E-state index in [1.165, 1.54) is 0 Å². The number of likely N-dealkylation sites (tertiary alicyclic amines) is 1. The van der Waals surface area contributed by atoms with Crippen LogP contribution in [0.5, 0.6) is 0 Å². The summed E-state index contributed by atoms with van der Waals surface area (Å²) in [5, 5.41) is 3.01. The first-order chi connectivity index (χ1) is 13.8. The van der Waals surface area contributed by atoms with Crippen LogP contribution in [-0.4, -0.2) is 29.3 Å². The summed E-state index contributed by atoms with van der Waals surface area (Å²) in [6.07, 6.45) is 3.05. The van der Waals surface area contributed by atoms with Crippen LogP contribution in [0.4, 0.5) is 0 Å². The molecule has 4 nitrogen and oxygen atoms in total. The molecular formula is C25H30N2O2. The molecule has 1 heterocycles. The molecule has 2 fully saturated rings. The molecule has 2 aromatic rings. The maximum atomic E-state index is 13.2. The SMILES string of the molecule is CC1(C)CC2CC(C)(CN2C(=O)C(=O)NC(c2ccccc2)c2ccccc2)C1. The Kier molecular flexibility index (Phi) is 4.97. The third-order valence-corrected chi connectivity index (χ3v) is 6.41. The molecule has 0 aromatic heterocycles. The molecule has 2 aromatic carbocycles. The molecule has 0 radical (unpaired) electrons. The summed E-state index contributed by atoms with van der Waals surface area (Å²) >= 11 is 0. The minimum atomic E-state index is -0.517. The number of amides is 2. The molecule has 2 aliphatic rings. The molecule has 0 spiro atoms. The van der Waals surface area contributed by atoms with Gasteiger partial charge >= 0.3 is 11.8 Å². The van der Waals surface area contributed by atoms with Crippen molar-refractivity contribution in [3.63, 3.8) is 0 Å². The Hall–Kier alpha value is -2.62. The van der Waals surface area contributed by atoms with Crippen LogP contribution in [0.2, 0.25) is 0 Å². The lowest BCUT2D eigenvalue weighted by atomic mass is 9.65. The summed E-state index contributed by atoms with van der Waals surface area (Å²) in [6, 6.07) is 19.4. The van der Waals surface area contributed by atoms with Crippen molar-refractivity contribution in [1.29, 1.82) is 0 Å². The topological polar surface area (TPSA) is 49.4 Å². The van der Waals surface area contributed by atoms with E-state index in [4.69, 9.17) is 0 Å². The Labute approximate surface area is 173 Å². The fourth-order valence-corrected chi connectivity index (χ4v) is 5.67. The van der Waals surface area contributed by atoms with Crippen molar-refractivity contribution < 1.29 is 9.59 Å². The minimum absolute atomic E-state index is 0.112. The lowest BCUT2D eigenvalue weighted by molar-refractivity contribution is -0.146. The zero-order chi connectivity index (χ0) is 20.6. The van der Waals surface area contributed by atoms with E-state index >= 15 is 0 Å². The average Bonchev–Trinajstić information content (AvgIpc) is 2.95. The van der Waals surface area contributed by atoms with Crippen molar-refractivity contribution in [1.82, 2.24) is 10.2 Å². The maximum absolute atomic E-state index is 13.2. The van der Waals surface area contributed by atoms with Gasteiger partial charge in [-0.3, -0.25) is 9.59 Å². The van der Waals surface area contributed by atoms with Gasteiger partial charge in [0.2, 0.25) is 0 Å². The van der Waals surface area contributed by atoms with E-state index in [-0.39, 0.29) is 22.9 Å². The highest BCUT2D eigenvalue weighted by molar-refractivity contribution is 6.35. The van der Waals surface area contributed by atoms with E-state index in [2.05, 4.69) is 26.1 Å². The molecule has 2 atom stereocenters. The van der Waals surface area contributed by atoms with Gasteiger partial charge in [-0.25, -0.2) is 0 Å². The molecule has 1 N–H and O–H groups in total. The van der Waals surface area contributed by atoms with Gasteiger partial charge in [0.25, 0.3) is 0 Å². The number of fused-ring (bicyclic) bond motifs is 2. The highest BCUT2D eigenvalue weighted by Crippen LogP contribution is 2.52. The molecule has 1 aliphatic carbocycles. The van der Waals surface area contributed by atoms with Crippen molar-refractivity contribution in [2.75, 3.05) is 6.54 Å². The first-order valence-corrected chi connectivity index (χ1v) is 10.5. The predicted molar refractivity (Wildman–Crippen MR) is 114 cm³/mol. The summed E-state index contributed by atoms with van der Waals surface area (Å²) in [5.74, 6) is -0.912. The molecule has 4 heteroatoms. The van der Waals surface area contributed by atoms with Crippen LogP contribution >= 0.6 is 0 Å². The number of hydrogen-bond acceptors (Lipinski definition) is 2. The van der Waals surface area contributed by atoms with Crippen molar-refractivity contribution in [2.45, 2.75) is 52.1 Å². The molecule has 1 saturated heterocycles. The number of nitrogens with zero attached hydrogens (tertiary/aromatic N) is 1. The lowest BCUT2D eigenvalue weighted by Gasteiger charge is -2.39. The van der Waals surface area contributed by atoms with Crippen LogP contribution < -0.4 is 5.32 Å². The van der Waals surface area contributed by atoms with Crippen LogP contribution in [0, 0.1) is 10.8 Å². The number of carbonyl (C=O) groups is 2. The van der Waals surface area contributed by atoms with E-state index in [1.54, 1.807) is 0 Å². The highest BCUT2D eigenvalue weighted by atomic mass is 16.2. The van der Waals surface area contributed by atoms with Gasteiger partial charge < -0.3 is 10.2 Å². The molecular weight excluding hydrogens is 360 g/mol. The zero-order valence-corrected chi connectivity index (χ0v) is 17.5. The third-order valence-electron chi connectivity index (χ3n) is 6.41. The smallest absolute Gasteiger partial charge is 0.312 e. The van der Waals surface area contributed by atoms with Crippen molar-refractivity contribution >= 4 is 11.8 Å². The normalized spacial score (nSPS) is 25.1. The summed E-state index contributed by atoms with van der Waals surface area (Å²) in [5.41, 5.74) is 2.25. The van der Waals surface area contributed by atoms with Crippen LogP contribution in [0.15, 0.2) is 60.7 Å². The fourth-order valence-electron chi connectivity index (χ4n) is 5.67. The second kappa shape index (κ2) is 7.33. The number of rotatable bonds is 3. The first kappa shape index (κ1) is 19.7. The maximum Gasteiger partial charge on any atom is 0.312 e. The Balaban J connectivity index is 1.55. The molecule has 2 amide bonds. The van der Waals surface area contributed by atoms with Gasteiger partial charge in [0.05, 0.1) is 6.04 Å². The van der Waals surface area contributed by atoms with Crippen LogP contribution in [0.1, 0.15) is 57.2 Å². The predicted octanol–water partition coefficient (Wildman–Crippen LogP) is 4.32. The Morgan fingerprint density at radius 2 is 1.48 bits per heavy atom. The zero-order valence-electron chi connectivity index (χ0n) is 17.5. The second-order valence-corrected chi connectivity index (χ2v) is 9.87. The second-order valence-electron chi connectivity index (χ2n) is 9.87. The van der Waals surface area contributed by atoms with Gasteiger partial charge in [-0.15, -0.1) is 0 Å². The van der Waals surface area contributed by atoms with Gasteiger partial charge in [-0.1, -0.05) is 81.4 Å². The minimum Gasteiger partial charge on any atom is -0.337 e. The van der Waals surface area contributed by atoms with Crippen molar-refractivity contribution in [3.8, 4) is 0 Å². The van der Waals surface area contributed by atoms with Crippen LogP contribution in [0.25, 0.3) is 0 Å². The Morgan fingerprint density at radius 3 is 2.03 bits per heavy atom. The summed E-state index contributed by atoms with van der Waals surface area (Å²) in [4.78, 5) is 28.0. The quantitative estimate of drug-likeness (QED) is 0.794. The molecule has 2 unspecified atom stereocenters. The molecule has 29 heavy (non-hydrogen) atoms. The first-order valence-electron chi connectivity index (χ1n) is 10.5. The monoisotopic (exact) mass is 390 g/mol. The van der Waals surface area contributed by atoms with E-state index in [0.29, 0.717) is 6.54 Å². The van der Waals surface area contributed by atoms with Gasteiger partial charge in [0.15, 0.2) is 0 Å². The fraction of sp³-hybridized carbons (Fsp3) is 0.440. The van der Waals surface area contributed by atoms with Gasteiger partial charge in [0, 0.05) is 12.6 Å². The molecule has 152 valence electrons. The van der Waals surface area contributed by atoms with Crippen molar-refractivity contribution in [3.05, 3.63) is 71.8 Å². The molecule has 2 bridgehead atoms. The van der Waals surface area contributed by atoms with Crippen LogP contribution in [-0.2, 0) is 9.59 Å². The van der Waals surface area contributed by atoms with Crippen LogP contribution in [0.3, 0.4) is 0 Å². The Morgan fingerprint density at radius 1 is 0.931 bits per heavy atom. The van der Waals surface area contributed by atoms with Gasteiger partial charge in [-0.2, -0.15) is 0 Å². The molecule has 4 rings (SSSR count). The van der Waals surface area contributed by atoms with Gasteiger partial charge in [-0.05, 0) is 41.2 Å². The van der Waals surface area contributed by atoms with E-state index in [9.17, 15) is 9.59 Å². The van der Waals surface area contributed by atoms with E-state index in [1.807, 2.05) is 65.6 Å². The third kappa shape index (κ3) is 4.07. The number of nitrogens with one attached hydrogen (secondary N) is 1. The average molecular weight is 391 g/mol. The van der Waals surface area contributed by atoms with Crippen molar-refractivity contribution in [2.24, 2.45) is 10.8 Å². The number of carbonyl (C=O) groups excluding carboxylic acids is 2. The lowest BCUT2D eigenvalue weighted by Crippen LogP contribution is -2.46. The summed E-state index contributed by atoms with van der Waals surface area (Å²) in [7, 11) is 0.